The van der Waals surface area contributed by atoms with E-state index in [2.05, 4.69) is 40.2 Å². The highest BCUT2D eigenvalue weighted by Gasteiger charge is 2.30. The Morgan fingerprint density at radius 1 is 1.07 bits per heavy atom. The molecule has 0 unspecified atom stereocenters. The summed E-state index contributed by atoms with van der Waals surface area (Å²) in [5.74, 6) is 0.144. The third-order valence-electron chi connectivity index (χ3n) is 5.23. The number of ether oxygens (including phenoxy) is 1. The van der Waals surface area contributed by atoms with Gasteiger partial charge in [0.2, 0.25) is 0 Å². The van der Waals surface area contributed by atoms with E-state index in [-0.39, 0.29) is 5.91 Å². The third kappa shape index (κ3) is 4.13. The van der Waals surface area contributed by atoms with Crippen molar-refractivity contribution in [3.05, 3.63) is 74.2 Å². The molecule has 0 bridgehead atoms. The largest absolute Gasteiger partial charge is 0.378 e. The Kier molecular flexibility index (Phi) is 5.67. The van der Waals surface area contributed by atoms with Gasteiger partial charge < -0.3 is 9.64 Å². The number of nitrogens with zero attached hydrogens (tertiary/aromatic N) is 1. The van der Waals surface area contributed by atoms with Gasteiger partial charge in [-0.25, -0.2) is 0 Å². The van der Waals surface area contributed by atoms with Crippen LogP contribution in [0.25, 0.3) is 5.57 Å². The summed E-state index contributed by atoms with van der Waals surface area (Å²) in [5, 5.41) is 0.749. The van der Waals surface area contributed by atoms with Crippen molar-refractivity contribution in [3.8, 4) is 0 Å². The minimum atomic E-state index is 0.144. The highest BCUT2D eigenvalue weighted by Crippen LogP contribution is 2.37. The van der Waals surface area contributed by atoms with E-state index in [0.717, 1.165) is 39.9 Å². The maximum Gasteiger partial charge on any atom is 0.254 e. The van der Waals surface area contributed by atoms with Crippen molar-refractivity contribution in [2.24, 2.45) is 0 Å². The van der Waals surface area contributed by atoms with Gasteiger partial charge in [0.1, 0.15) is 0 Å². The van der Waals surface area contributed by atoms with E-state index in [1.165, 1.54) is 16.7 Å². The molecule has 1 heterocycles. The molecular weight excluding hydrogens is 426 g/mol. The van der Waals surface area contributed by atoms with Gasteiger partial charge in [0.25, 0.3) is 5.91 Å². The highest BCUT2D eigenvalue weighted by molar-refractivity contribution is 9.10. The summed E-state index contributed by atoms with van der Waals surface area (Å²) in [4.78, 5) is 15.2. The average Bonchev–Trinajstić information content (AvgIpc) is 3.05. The van der Waals surface area contributed by atoms with E-state index in [1.807, 2.05) is 23.1 Å². The number of carbonyl (C=O) groups is 1. The second-order valence-corrected chi connectivity index (χ2v) is 8.34. The number of rotatable bonds is 4. The van der Waals surface area contributed by atoms with Gasteiger partial charge in [0.05, 0.1) is 13.2 Å². The molecule has 1 aliphatic carbocycles. The zero-order valence-electron chi connectivity index (χ0n) is 15.0. The topological polar surface area (TPSA) is 29.5 Å². The number of amides is 1. The summed E-state index contributed by atoms with van der Waals surface area (Å²) >= 11 is 9.55. The van der Waals surface area contributed by atoms with Crippen molar-refractivity contribution >= 4 is 39.0 Å². The summed E-state index contributed by atoms with van der Waals surface area (Å²) in [6, 6.07) is 14.2. The molecule has 1 saturated heterocycles. The Labute approximate surface area is 173 Å². The van der Waals surface area contributed by atoms with Gasteiger partial charge in [-0.3, -0.25) is 4.79 Å². The number of hydrogen-bond acceptors (Lipinski definition) is 2. The van der Waals surface area contributed by atoms with Crippen molar-refractivity contribution in [2.45, 2.75) is 19.3 Å². The third-order valence-corrected chi connectivity index (χ3v) is 5.98. The first-order valence-electron chi connectivity index (χ1n) is 9.24. The molecule has 1 amide bonds. The van der Waals surface area contributed by atoms with E-state index in [1.54, 1.807) is 0 Å². The van der Waals surface area contributed by atoms with Crippen molar-refractivity contribution in [3.63, 3.8) is 0 Å². The fourth-order valence-electron chi connectivity index (χ4n) is 3.81. The summed E-state index contributed by atoms with van der Waals surface area (Å²) < 4.78 is 6.47. The average molecular weight is 447 g/mol. The molecule has 5 heteroatoms. The molecule has 0 atom stereocenters. The Morgan fingerprint density at radius 2 is 1.81 bits per heavy atom. The van der Waals surface area contributed by atoms with E-state index in [4.69, 9.17) is 16.3 Å². The smallest absolute Gasteiger partial charge is 0.254 e. The van der Waals surface area contributed by atoms with Gasteiger partial charge >= 0.3 is 0 Å². The SMILES string of the molecule is O=C(C1=C(CCc2ccc(Cl)cc2)Cc2cc(Br)ccc21)N1CCOCC1. The van der Waals surface area contributed by atoms with Crippen LogP contribution in [-0.4, -0.2) is 37.1 Å². The molecule has 27 heavy (non-hydrogen) atoms. The van der Waals surface area contributed by atoms with Gasteiger partial charge in [0, 0.05) is 28.2 Å². The van der Waals surface area contributed by atoms with Crippen LogP contribution >= 0.6 is 27.5 Å². The number of aryl methyl sites for hydroxylation is 1. The second-order valence-electron chi connectivity index (χ2n) is 6.99. The quantitative estimate of drug-likeness (QED) is 0.668. The van der Waals surface area contributed by atoms with Crippen LogP contribution in [0.2, 0.25) is 5.02 Å². The normalized spacial score (nSPS) is 16.6. The Hall–Kier alpha value is -1.62. The van der Waals surface area contributed by atoms with Gasteiger partial charge in [-0.05, 0) is 60.2 Å². The van der Waals surface area contributed by atoms with Gasteiger partial charge in [-0.1, -0.05) is 51.3 Å². The standard InChI is InChI=1S/C22H21BrClNO2/c23-18-5-8-20-17(14-18)13-16(4-1-15-2-6-19(24)7-3-15)21(20)22(26)25-9-11-27-12-10-25/h2-3,5-8,14H,1,4,9-13H2. The predicted molar refractivity (Wildman–Crippen MR) is 112 cm³/mol. The van der Waals surface area contributed by atoms with Gasteiger partial charge in [-0.2, -0.15) is 0 Å². The first kappa shape index (κ1) is 18.7. The predicted octanol–water partition coefficient (Wildman–Crippen LogP) is 4.90. The zero-order chi connectivity index (χ0) is 18.8. The lowest BCUT2D eigenvalue weighted by Crippen LogP contribution is -2.41. The van der Waals surface area contributed by atoms with E-state index in [9.17, 15) is 4.79 Å². The van der Waals surface area contributed by atoms with E-state index in [0.29, 0.717) is 26.3 Å². The lowest BCUT2D eigenvalue weighted by molar-refractivity contribution is -0.128. The van der Waals surface area contributed by atoms with Crippen LogP contribution in [-0.2, 0) is 22.4 Å². The minimum Gasteiger partial charge on any atom is -0.378 e. The number of morpholine rings is 1. The van der Waals surface area contributed by atoms with Crippen LogP contribution in [0.1, 0.15) is 23.1 Å². The Bertz CT molecular complexity index is 886. The van der Waals surface area contributed by atoms with Gasteiger partial charge in [-0.15, -0.1) is 0 Å². The molecule has 1 aliphatic heterocycles. The Balaban J connectivity index is 1.62. The summed E-state index contributed by atoms with van der Waals surface area (Å²) in [6.45, 7) is 2.57. The number of carbonyl (C=O) groups excluding carboxylic acids is 1. The van der Waals surface area contributed by atoms with Crippen molar-refractivity contribution < 1.29 is 9.53 Å². The van der Waals surface area contributed by atoms with Crippen LogP contribution < -0.4 is 0 Å². The molecule has 4 rings (SSSR count). The fourth-order valence-corrected chi connectivity index (χ4v) is 4.35. The van der Waals surface area contributed by atoms with E-state index < -0.39 is 0 Å². The number of fused-ring (bicyclic) bond motifs is 1. The maximum absolute atomic E-state index is 13.3. The molecule has 0 aromatic heterocycles. The lowest BCUT2D eigenvalue weighted by Gasteiger charge is -2.28. The molecule has 0 radical (unpaired) electrons. The first-order valence-corrected chi connectivity index (χ1v) is 10.4. The van der Waals surface area contributed by atoms with Crippen LogP contribution in [0.4, 0.5) is 0 Å². The molecule has 140 valence electrons. The van der Waals surface area contributed by atoms with Crippen molar-refractivity contribution in [1.29, 1.82) is 0 Å². The van der Waals surface area contributed by atoms with Gasteiger partial charge in [0.15, 0.2) is 0 Å². The highest BCUT2D eigenvalue weighted by atomic mass is 79.9. The molecule has 0 N–H and O–H groups in total. The molecule has 3 nitrogen and oxygen atoms in total. The molecular formula is C22H21BrClNO2. The van der Waals surface area contributed by atoms with E-state index >= 15 is 0 Å². The molecule has 0 saturated carbocycles. The molecule has 2 aliphatic rings. The molecule has 1 fully saturated rings. The molecule has 2 aromatic rings. The van der Waals surface area contributed by atoms with Crippen LogP contribution in [0.15, 0.2) is 52.5 Å². The van der Waals surface area contributed by atoms with Crippen molar-refractivity contribution in [2.75, 3.05) is 26.3 Å². The zero-order valence-corrected chi connectivity index (χ0v) is 17.4. The van der Waals surface area contributed by atoms with Crippen LogP contribution in [0.3, 0.4) is 0 Å². The molecule has 0 spiro atoms. The van der Waals surface area contributed by atoms with Crippen LogP contribution in [0, 0.1) is 0 Å². The van der Waals surface area contributed by atoms with Crippen molar-refractivity contribution in [1.82, 2.24) is 4.90 Å². The molecule has 2 aromatic carbocycles. The second kappa shape index (κ2) is 8.17. The summed E-state index contributed by atoms with van der Waals surface area (Å²) in [5.41, 5.74) is 5.68. The number of halogens is 2. The number of allylic oxidation sites excluding steroid dienone is 1. The fraction of sp³-hybridized carbons (Fsp3) is 0.318. The monoisotopic (exact) mass is 445 g/mol. The number of benzene rings is 2. The Morgan fingerprint density at radius 3 is 2.56 bits per heavy atom. The van der Waals surface area contributed by atoms with Crippen LogP contribution in [0.5, 0.6) is 0 Å². The summed E-state index contributed by atoms with van der Waals surface area (Å²) in [7, 11) is 0. The maximum atomic E-state index is 13.3. The first-order chi connectivity index (χ1) is 13.1. The minimum absolute atomic E-state index is 0.144. The number of hydrogen-bond donors (Lipinski definition) is 0. The summed E-state index contributed by atoms with van der Waals surface area (Å²) in [6.07, 6.45) is 2.62. The lowest BCUT2D eigenvalue weighted by atomic mass is 9.99.